The summed E-state index contributed by atoms with van der Waals surface area (Å²) >= 11 is 11.7. The predicted octanol–water partition coefficient (Wildman–Crippen LogP) is 3.10. The van der Waals surface area contributed by atoms with Crippen molar-refractivity contribution in [3.63, 3.8) is 0 Å². The summed E-state index contributed by atoms with van der Waals surface area (Å²) in [4.78, 5) is 0.0342. The Morgan fingerprint density at radius 2 is 1.41 bits per heavy atom. The van der Waals surface area contributed by atoms with Crippen LogP contribution in [0.1, 0.15) is 0 Å². The third kappa shape index (κ3) is 4.78. The monoisotopic (exact) mass is 361 g/mol. The minimum atomic E-state index is -3.69. The summed E-state index contributed by atoms with van der Waals surface area (Å²) in [5.41, 5.74) is 0. The molecule has 0 aromatic heterocycles. The molecule has 0 saturated heterocycles. The molecule has 0 fully saturated rings. The second-order valence-corrected chi connectivity index (χ2v) is 6.67. The zero-order valence-corrected chi connectivity index (χ0v) is 13.7. The molecule has 0 saturated carbocycles. The first kappa shape index (κ1) is 16.9. The topological polar surface area (TPSA) is 78.6 Å². The van der Waals surface area contributed by atoms with Crippen LogP contribution in [0, 0.1) is 0 Å². The lowest BCUT2D eigenvalue weighted by Crippen LogP contribution is -2.12. The number of halogens is 2. The van der Waals surface area contributed by atoms with E-state index >= 15 is 0 Å². The van der Waals surface area contributed by atoms with Crippen LogP contribution in [0.15, 0.2) is 47.4 Å². The van der Waals surface area contributed by atoms with Gasteiger partial charge in [0.2, 0.25) is 10.0 Å². The molecule has 0 bridgehead atoms. The second-order valence-electron chi connectivity index (χ2n) is 4.29. The molecule has 0 atom stereocenters. The Balaban J connectivity index is 1.82. The van der Waals surface area contributed by atoms with E-state index in [-0.39, 0.29) is 11.5 Å². The highest BCUT2D eigenvalue weighted by atomic mass is 35.5. The van der Waals surface area contributed by atoms with Gasteiger partial charge in [-0.05, 0) is 36.4 Å². The van der Waals surface area contributed by atoms with Crippen LogP contribution in [0.2, 0.25) is 10.0 Å². The van der Waals surface area contributed by atoms with Crippen molar-refractivity contribution in [1.82, 2.24) is 0 Å². The zero-order chi connectivity index (χ0) is 16.2. The molecule has 5 nitrogen and oxygen atoms in total. The number of sulfonamides is 1. The molecule has 2 aromatic carbocycles. The van der Waals surface area contributed by atoms with Crippen molar-refractivity contribution in [1.29, 1.82) is 0 Å². The normalized spacial score (nSPS) is 11.2. The Bertz CT molecular complexity index is 748. The van der Waals surface area contributed by atoms with Gasteiger partial charge in [0.15, 0.2) is 0 Å². The van der Waals surface area contributed by atoms with E-state index in [2.05, 4.69) is 0 Å². The van der Waals surface area contributed by atoms with Crippen molar-refractivity contribution in [2.45, 2.75) is 4.90 Å². The molecule has 2 N–H and O–H groups in total. The van der Waals surface area contributed by atoms with Crippen molar-refractivity contribution in [2.24, 2.45) is 5.14 Å². The average molecular weight is 362 g/mol. The first-order chi connectivity index (χ1) is 10.4. The van der Waals surface area contributed by atoms with E-state index in [0.717, 1.165) is 0 Å². The lowest BCUT2D eigenvalue weighted by Gasteiger charge is -2.09. The molecule has 0 unspecified atom stereocenters. The van der Waals surface area contributed by atoms with E-state index in [0.29, 0.717) is 28.2 Å². The molecule has 0 aliphatic carbocycles. The highest BCUT2D eigenvalue weighted by Crippen LogP contribution is 2.26. The predicted molar refractivity (Wildman–Crippen MR) is 85.3 cm³/mol. The molecule has 0 heterocycles. The standard InChI is InChI=1S/C14H13Cl2NO4S/c15-13-6-3-11(9-14(13)16)21-8-7-20-10-1-4-12(5-2-10)22(17,18)19/h1-6,9H,7-8H2,(H2,17,18,19). The maximum absolute atomic E-state index is 11.1. The summed E-state index contributed by atoms with van der Waals surface area (Å²) in [6.07, 6.45) is 0. The van der Waals surface area contributed by atoms with Gasteiger partial charge in [-0.15, -0.1) is 0 Å². The summed E-state index contributed by atoms with van der Waals surface area (Å²) in [6.45, 7) is 0.587. The van der Waals surface area contributed by atoms with Crippen LogP contribution in [0.4, 0.5) is 0 Å². The molecule has 0 aliphatic rings. The van der Waals surface area contributed by atoms with Crippen molar-refractivity contribution in [3.05, 3.63) is 52.5 Å². The summed E-state index contributed by atoms with van der Waals surface area (Å²) in [5.74, 6) is 1.10. The lowest BCUT2D eigenvalue weighted by atomic mass is 10.3. The summed E-state index contributed by atoms with van der Waals surface area (Å²) in [5, 5.41) is 5.88. The highest BCUT2D eigenvalue weighted by molar-refractivity contribution is 7.89. The Hall–Kier alpha value is -1.47. The van der Waals surface area contributed by atoms with Crippen molar-refractivity contribution in [3.8, 4) is 11.5 Å². The molecule has 2 aromatic rings. The third-order valence-electron chi connectivity index (χ3n) is 2.66. The fourth-order valence-electron chi connectivity index (χ4n) is 1.61. The molecule has 118 valence electrons. The van der Waals surface area contributed by atoms with E-state index in [9.17, 15) is 8.42 Å². The van der Waals surface area contributed by atoms with Gasteiger partial charge in [-0.25, -0.2) is 13.6 Å². The quantitative estimate of drug-likeness (QED) is 0.801. The number of benzene rings is 2. The van der Waals surface area contributed by atoms with Crippen molar-refractivity contribution >= 4 is 33.2 Å². The van der Waals surface area contributed by atoms with Gasteiger partial charge >= 0.3 is 0 Å². The van der Waals surface area contributed by atoms with Crippen LogP contribution in [0.5, 0.6) is 11.5 Å². The van der Waals surface area contributed by atoms with Gasteiger partial charge in [-0.3, -0.25) is 0 Å². The number of rotatable bonds is 6. The van der Waals surface area contributed by atoms with Crippen LogP contribution >= 0.6 is 23.2 Å². The van der Waals surface area contributed by atoms with Crippen LogP contribution < -0.4 is 14.6 Å². The third-order valence-corrected chi connectivity index (χ3v) is 4.33. The Morgan fingerprint density at radius 3 is 1.95 bits per heavy atom. The zero-order valence-electron chi connectivity index (χ0n) is 11.3. The van der Waals surface area contributed by atoms with Crippen molar-refractivity contribution in [2.75, 3.05) is 13.2 Å². The molecular weight excluding hydrogens is 349 g/mol. The lowest BCUT2D eigenvalue weighted by molar-refractivity contribution is 0.217. The van der Waals surface area contributed by atoms with Gasteiger partial charge in [0.25, 0.3) is 0 Å². The molecule has 0 radical (unpaired) electrons. The first-order valence-corrected chi connectivity index (χ1v) is 8.50. The number of primary sulfonamides is 1. The fourth-order valence-corrected chi connectivity index (χ4v) is 2.41. The molecule has 0 spiro atoms. The number of hydrogen-bond acceptors (Lipinski definition) is 4. The van der Waals surface area contributed by atoms with E-state index in [1.165, 1.54) is 24.3 Å². The molecule has 2 rings (SSSR count). The largest absolute Gasteiger partial charge is 0.490 e. The Kier molecular flexibility index (Phi) is 5.52. The van der Waals surface area contributed by atoms with Gasteiger partial charge in [0.05, 0.1) is 14.9 Å². The Labute approximate surface area is 138 Å². The summed E-state index contributed by atoms with van der Waals surface area (Å²) < 4.78 is 33.1. The minimum absolute atomic E-state index is 0.0342. The maximum atomic E-state index is 11.1. The van der Waals surface area contributed by atoms with Crippen LogP contribution in [0.3, 0.4) is 0 Å². The van der Waals surface area contributed by atoms with Gasteiger partial charge in [-0.1, -0.05) is 23.2 Å². The van der Waals surface area contributed by atoms with Gasteiger partial charge in [0.1, 0.15) is 24.7 Å². The van der Waals surface area contributed by atoms with E-state index < -0.39 is 10.0 Å². The van der Waals surface area contributed by atoms with E-state index in [4.69, 9.17) is 37.8 Å². The average Bonchev–Trinajstić information content (AvgIpc) is 2.47. The number of nitrogens with two attached hydrogens (primary N) is 1. The molecule has 22 heavy (non-hydrogen) atoms. The SMILES string of the molecule is NS(=O)(=O)c1ccc(OCCOc2ccc(Cl)c(Cl)c2)cc1. The number of hydrogen-bond donors (Lipinski definition) is 1. The summed E-state index contributed by atoms with van der Waals surface area (Å²) in [7, 11) is -3.69. The maximum Gasteiger partial charge on any atom is 0.238 e. The van der Waals surface area contributed by atoms with Gasteiger partial charge in [0, 0.05) is 6.07 Å². The van der Waals surface area contributed by atoms with Crippen LogP contribution in [-0.2, 0) is 10.0 Å². The molecule has 0 amide bonds. The second kappa shape index (κ2) is 7.19. The summed E-state index contributed by atoms with van der Waals surface area (Å²) in [6, 6.07) is 10.8. The highest BCUT2D eigenvalue weighted by Gasteiger charge is 2.07. The van der Waals surface area contributed by atoms with Crippen LogP contribution in [0.25, 0.3) is 0 Å². The molecule has 8 heteroatoms. The van der Waals surface area contributed by atoms with E-state index in [1.807, 2.05) is 0 Å². The van der Waals surface area contributed by atoms with Gasteiger partial charge in [-0.2, -0.15) is 0 Å². The number of ether oxygens (including phenoxy) is 2. The van der Waals surface area contributed by atoms with E-state index in [1.54, 1.807) is 18.2 Å². The van der Waals surface area contributed by atoms with Gasteiger partial charge < -0.3 is 9.47 Å². The Morgan fingerprint density at radius 1 is 0.864 bits per heavy atom. The fraction of sp³-hybridized carbons (Fsp3) is 0.143. The smallest absolute Gasteiger partial charge is 0.238 e. The minimum Gasteiger partial charge on any atom is -0.490 e. The van der Waals surface area contributed by atoms with Crippen LogP contribution in [-0.4, -0.2) is 21.6 Å². The molecule has 0 aliphatic heterocycles. The first-order valence-electron chi connectivity index (χ1n) is 6.20. The van der Waals surface area contributed by atoms with Crippen molar-refractivity contribution < 1.29 is 17.9 Å². The molecular formula is C14H13Cl2NO4S.